The number of anilines is 1. The van der Waals surface area contributed by atoms with Crippen molar-refractivity contribution < 1.29 is 4.74 Å². The number of rotatable bonds is 3. The Hall–Kier alpha value is -0.580. The number of ether oxygens (including phenoxy) is 1. The summed E-state index contributed by atoms with van der Waals surface area (Å²) in [6, 6.07) is 6.52. The monoisotopic (exact) mass is 312 g/mol. The summed E-state index contributed by atoms with van der Waals surface area (Å²) < 4.78 is 6.50. The molecule has 0 aliphatic carbocycles. The highest BCUT2D eigenvalue weighted by Gasteiger charge is 2.19. The largest absolute Gasteiger partial charge is 0.381 e. The van der Waals surface area contributed by atoms with E-state index in [2.05, 4.69) is 39.0 Å². The molecule has 0 bridgehead atoms. The SMILES string of the molecule is COC1CCN(c2ccc(C(C)N)c(Br)c2)CC1. The van der Waals surface area contributed by atoms with Crippen LogP contribution in [0.2, 0.25) is 0 Å². The number of methoxy groups -OCH3 is 1. The molecule has 2 N–H and O–H groups in total. The van der Waals surface area contributed by atoms with Crippen molar-refractivity contribution in [2.24, 2.45) is 5.73 Å². The molecule has 0 radical (unpaired) electrons. The Kier molecular flexibility index (Phi) is 4.65. The van der Waals surface area contributed by atoms with Gasteiger partial charge in [-0.25, -0.2) is 0 Å². The van der Waals surface area contributed by atoms with Crippen LogP contribution in [0.25, 0.3) is 0 Å². The molecule has 1 aliphatic rings. The Labute approximate surface area is 117 Å². The van der Waals surface area contributed by atoms with Gasteiger partial charge in [-0.15, -0.1) is 0 Å². The third-order valence-corrected chi connectivity index (χ3v) is 4.30. The predicted molar refractivity (Wildman–Crippen MR) is 79.0 cm³/mol. The maximum Gasteiger partial charge on any atom is 0.0605 e. The van der Waals surface area contributed by atoms with Crippen LogP contribution in [0, 0.1) is 0 Å². The predicted octanol–water partition coefficient (Wildman–Crippen LogP) is 3.08. The van der Waals surface area contributed by atoms with Crippen LogP contribution in [-0.2, 0) is 4.74 Å². The first-order chi connectivity index (χ1) is 8.61. The second-order valence-corrected chi connectivity index (χ2v) is 5.77. The zero-order valence-corrected chi connectivity index (χ0v) is 12.6. The molecule has 2 rings (SSSR count). The Morgan fingerprint density at radius 3 is 2.56 bits per heavy atom. The van der Waals surface area contributed by atoms with Gasteiger partial charge >= 0.3 is 0 Å². The number of benzene rings is 1. The van der Waals surface area contributed by atoms with Crippen LogP contribution < -0.4 is 10.6 Å². The summed E-state index contributed by atoms with van der Waals surface area (Å²) >= 11 is 3.61. The lowest BCUT2D eigenvalue weighted by atomic mass is 10.1. The molecule has 0 saturated carbocycles. The highest BCUT2D eigenvalue weighted by molar-refractivity contribution is 9.10. The number of hydrogen-bond acceptors (Lipinski definition) is 3. The first-order valence-electron chi connectivity index (χ1n) is 6.44. The normalized spacial score (nSPS) is 19.0. The van der Waals surface area contributed by atoms with Crippen molar-refractivity contribution in [3.8, 4) is 0 Å². The maximum atomic E-state index is 5.92. The minimum Gasteiger partial charge on any atom is -0.381 e. The summed E-state index contributed by atoms with van der Waals surface area (Å²) in [5.74, 6) is 0. The summed E-state index contributed by atoms with van der Waals surface area (Å²) in [5, 5.41) is 0. The van der Waals surface area contributed by atoms with Gasteiger partial charge in [0.1, 0.15) is 0 Å². The highest BCUT2D eigenvalue weighted by Crippen LogP contribution is 2.29. The number of hydrogen-bond donors (Lipinski definition) is 1. The second kappa shape index (κ2) is 6.04. The molecule has 0 spiro atoms. The van der Waals surface area contributed by atoms with E-state index in [1.807, 2.05) is 6.92 Å². The van der Waals surface area contributed by atoms with Crippen LogP contribution in [0.3, 0.4) is 0 Å². The summed E-state index contributed by atoms with van der Waals surface area (Å²) in [4.78, 5) is 2.41. The zero-order valence-electron chi connectivity index (χ0n) is 11.0. The van der Waals surface area contributed by atoms with Gasteiger partial charge in [-0.3, -0.25) is 0 Å². The topological polar surface area (TPSA) is 38.5 Å². The molecule has 4 heteroatoms. The van der Waals surface area contributed by atoms with Crippen LogP contribution in [0.5, 0.6) is 0 Å². The van der Waals surface area contributed by atoms with Gasteiger partial charge < -0.3 is 15.4 Å². The molecule has 100 valence electrons. The molecule has 1 aliphatic heterocycles. The van der Waals surface area contributed by atoms with Crippen LogP contribution in [-0.4, -0.2) is 26.3 Å². The smallest absolute Gasteiger partial charge is 0.0605 e. The molecular weight excluding hydrogens is 292 g/mol. The molecule has 18 heavy (non-hydrogen) atoms. The number of nitrogens with zero attached hydrogens (tertiary/aromatic N) is 1. The van der Waals surface area contributed by atoms with Crippen LogP contribution in [0.4, 0.5) is 5.69 Å². The Balaban J connectivity index is 2.08. The molecule has 1 atom stereocenters. The van der Waals surface area contributed by atoms with E-state index in [0.717, 1.165) is 36.0 Å². The number of piperidine rings is 1. The molecule has 1 fully saturated rings. The zero-order chi connectivity index (χ0) is 13.1. The van der Waals surface area contributed by atoms with Gasteiger partial charge in [-0.05, 0) is 37.5 Å². The Morgan fingerprint density at radius 2 is 2.06 bits per heavy atom. The van der Waals surface area contributed by atoms with Crippen molar-refractivity contribution in [2.75, 3.05) is 25.1 Å². The molecule has 0 amide bonds. The Morgan fingerprint density at radius 1 is 1.39 bits per heavy atom. The fourth-order valence-electron chi connectivity index (χ4n) is 2.43. The van der Waals surface area contributed by atoms with Crippen LogP contribution >= 0.6 is 15.9 Å². The maximum absolute atomic E-state index is 5.92. The molecule has 0 aromatic heterocycles. The number of halogens is 1. The van der Waals surface area contributed by atoms with E-state index in [1.165, 1.54) is 5.69 Å². The Bertz CT molecular complexity index is 401. The van der Waals surface area contributed by atoms with Crippen molar-refractivity contribution in [3.05, 3.63) is 28.2 Å². The molecule has 3 nitrogen and oxygen atoms in total. The molecule has 1 saturated heterocycles. The summed E-state index contributed by atoms with van der Waals surface area (Å²) in [7, 11) is 1.80. The molecular formula is C14H21BrN2O. The minimum absolute atomic E-state index is 0.0626. The lowest BCUT2D eigenvalue weighted by Gasteiger charge is -2.33. The summed E-state index contributed by atoms with van der Waals surface area (Å²) in [6.45, 7) is 4.12. The van der Waals surface area contributed by atoms with E-state index >= 15 is 0 Å². The van der Waals surface area contributed by atoms with E-state index in [-0.39, 0.29) is 6.04 Å². The lowest BCUT2D eigenvalue weighted by Crippen LogP contribution is -2.36. The van der Waals surface area contributed by atoms with Gasteiger partial charge in [0.05, 0.1) is 6.10 Å². The van der Waals surface area contributed by atoms with Crippen molar-refractivity contribution >= 4 is 21.6 Å². The lowest BCUT2D eigenvalue weighted by molar-refractivity contribution is 0.0819. The molecule has 1 unspecified atom stereocenters. The van der Waals surface area contributed by atoms with Crippen molar-refractivity contribution in [1.29, 1.82) is 0 Å². The van der Waals surface area contributed by atoms with E-state index in [0.29, 0.717) is 6.10 Å². The molecule has 1 heterocycles. The number of nitrogens with two attached hydrogens (primary N) is 1. The summed E-state index contributed by atoms with van der Waals surface area (Å²) in [5.41, 5.74) is 8.34. The fourth-order valence-corrected chi connectivity index (χ4v) is 3.16. The third kappa shape index (κ3) is 3.05. The fraction of sp³-hybridized carbons (Fsp3) is 0.571. The van der Waals surface area contributed by atoms with Crippen molar-refractivity contribution in [3.63, 3.8) is 0 Å². The minimum atomic E-state index is 0.0626. The van der Waals surface area contributed by atoms with Crippen LogP contribution in [0.15, 0.2) is 22.7 Å². The molecule has 1 aromatic rings. The van der Waals surface area contributed by atoms with E-state index in [4.69, 9.17) is 10.5 Å². The van der Waals surface area contributed by atoms with Gasteiger partial charge in [0, 0.05) is 36.4 Å². The van der Waals surface area contributed by atoms with Crippen molar-refractivity contribution in [1.82, 2.24) is 0 Å². The van der Waals surface area contributed by atoms with Gasteiger partial charge in [0.15, 0.2) is 0 Å². The first kappa shape index (κ1) is 13.8. The second-order valence-electron chi connectivity index (χ2n) is 4.92. The first-order valence-corrected chi connectivity index (χ1v) is 7.24. The van der Waals surface area contributed by atoms with E-state index < -0.39 is 0 Å². The highest BCUT2D eigenvalue weighted by atomic mass is 79.9. The standard InChI is InChI=1S/C14H21BrN2O/c1-10(16)13-4-3-11(9-14(13)15)17-7-5-12(18-2)6-8-17/h3-4,9-10,12H,5-8,16H2,1-2H3. The van der Waals surface area contributed by atoms with Gasteiger partial charge in [-0.2, -0.15) is 0 Å². The van der Waals surface area contributed by atoms with E-state index in [9.17, 15) is 0 Å². The summed E-state index contributed by atoms with van der Waals surface area (Å²) in [6.07, 6.45) is 2.62. The van der Waals surface area contributed by atoms with Gasteiger partial charge in [-0.1, -0.05) is 22.0 Å². The third-order valence-electron chi connectivity index (χ3n) is 3.62. The van der Waals surface area contributed by atoms with Gasteiger partial charge in [0.25, 0.3) is 0 Å². The van der Waals surface area contributed by atoms with Crippen molar-refractivity contribution in [2.45, 2.75) is 31.9 Å². The van der Waals surface area contributed by atoms with Crippen LogP contribution in [0.1, 0.15) is 31.4 Å². The van der Waals surface area contributed by atoms with Gasteiger partial charge in [0.2, 0.25) is 0 Å². The average Bonchev–Trinajstić information content (AvgIpc) is 2.38. The average molecular weight is 313 g/mol. The molecule has 1 aromatic carbocycles. The quantitative estimate of drug-likeness (QED) is 0.932. The van der Waals surface area contributed by atoms with E-state index in [1.54, 1.807) is 7.11 Å².